The SMILES string of the molecule is [C]OCCC1CCCC1. The summed E-state index contributed by atoms with van der Waals surface area (Å²) in [4.78, 5) is 0. The Morgan fingerprint density at radius 1 is 1.33 bits per heavy atom. The van der Waals surface area contributed by atoms with Gasteiger partial charge in [-0.2, -0.15) is 0 Å². The van der Waals surface area contributed by atoms with Crippen LogP contribution in [0.4, 0.5) is 0 Å². The number of ether oxygens (including phenoxy) is 1. The Morgan fingerprint density at radius 2 is 2.00 bits per heavy atom. The van der Waals surface area contributed by atoms with Crippen LogP contribution in [0, 0.1) is 13.0 Å². The fourth-order valence-corrected chi connectivity index (χ4v) is 1.52. The lowest BCUT2D eigenvalue weighted by atomic mass is 10.1. The fraction of sp³-hybridized carbons (Fsp3) is 0.875. The quantitative estimate of drug-likeness (QED) is 0.561. The summed E-state index contributed by atoms with van der Waals surface area (Å²) in [5.74, 6) is 0.871. The molecule has 0 saturated heterocycles. The predicted molar refractivity (Wildman–Crippen MR) is 35.8 cm³/mol. The van der Waals surface area contributed by atoms with Gasteiger partial charge in [-0.1, -0.05) is 25.7 Å². The van der Waals surface area contributed by atoms with E-state index < -0.39 is 0 Å². The van der Waals surface area contributed by atoms with Crippen molar-refractivity contribution in [1.29, 1.82) is 0 Å². The number of hydrogen-bond donors (Lipinski definition) is 0. The summed E-state index contributed by atoms with van der Waals surface area (Å²) in [6.07, 6.45) is 6.61. The lowest BCUT2D eigenvalue weighted by molar-refractivity contribution is 0.216. The van der Waals surface area contributed by atoms with Crippen molar-refractivity contribution in [2.75, 3.05) is 6.61 Å². The molecule has 0 unspecified atom stereocenters. The highest BCUT2D eigenvalue weighted by Crippen LogP contribution is 2.27. The van der Waals surface area contributed by atoms with E-state index in [1.165, 1.54) is 25.7 Å². The maximum absolute atomic E-state index is 6.47. The highest BCUT2D eigenvalue weighted by atomic mass is 16.5. The van der Waals surface area contributed by atoms with Crippen molar-refractivity contribution in [3.8, 4) is 0 Å². The van der Waals surface area contributed by atoms with Crippen LogP contribution in [0.1, 0.15) is 32.1 Å². The molecule has 1 aliphatic rings. The van der Waals surface area contributed by atoms with Gasteiger partial charge in [0.05, 0.1) is 0 Å². The molecule has 1 rings (SSSR count). The second-order valence-electron chi connectivity index (χ2n) is 2.79. The molecule has 1 nitrogen and oxygen atoms in total. The van der Waals surface area contributed by atoms with Crippen molar-refractivity contribution in [2.24, 2.45) is 5.92 Å². The van der Waals surface area contributed by atoms with Gasteiger partial charge >= 0.3 is 0 Å². The molecule has 0 amide bonds. The lowest BCUT2D eigenvalue weighted by Crippen LogP contribution is -1.97. The molecule has 0 atom stereocenters. The maximum Gasteiger partial charge on any atom is 0.173 e. The normalized spacial score (nSPS) is 21.0. The third kappa shape index (κ3) is 2.35. The van der Waals surface area contributed by atoms with Gasteiger partial charge in [-0.15, -0.1) is 0 Å². The molecule has 1 saturated carbocycles. The summed E-state index contributed by atoms with van der Waals surface area (Å²) in [6.45, 7) is 0.630. The van der Waals surface area contributed by atoms with Crippen LogP contribution in [0.3, 0.4) is 0 Å². The molecular formula is C8H13O. The van der Waals surface area contributed by atoms with Gasteiger partial charge in [-0.3, -0.25) is 0 Å². The average molecular weight is 125 g/mol. The highest BCUT2D eigenvalue weighted by Gasteiger charge is 2.13. The summed E-state index contributed by atoms with van der Waals surface area (Å²) >= 11 is 0. The molecule has 0 aliphatic heterocycles. The van der Waals surface area contributed by atoms with E-state index in [-0.39, 0.29) is 0 Å². The molecule has 0 N–H and O–H groups in total. The first kappa shape index (κ1) is 7.07. The van der Waals surface area contributed by atoms with E-state index in [0.717, 1.165) is 12.3 Å². The lowest BCUT2D eigenvalue weighted by Gasteiger charge is -2.05. The summed E-state index contributed by atoms with van der Waals surface area (Å²) < 4.78 is 4.25. The Balaban J connectivity index is 1.98. The van der Waals surface area contributed by atoms with Gasteiger partial charge in [-0.25, -0.2) is 0 Å². The third-order valence-electron chi connectivity index (χ3n) is 2.10. The molecule has 1 aliphatic carbocycles. The van der Waals surface area contributed by atoms with Crippen LogP contribution in [0.25, 0.3) is 0 Å². The molecule has 1 heteroatoms. The fourth-order valence-electron chi connectivity index (χ4n) is 1.52. The van der Waals surface area contributed by atoms with Crippen LogP contribution in [-0.4, -0.2) is 6.61 Å². The zero-order valence-corrected chi connectivity index (χ0v) is 5.73. The summed E-state index contributed by atoms with van der Waals surface area (Å²) in [7, 11) is 6.47. The van der Waals surface area contributed by atoms with Crippen molar-refractivity contribution < 1.29 is 4.74 Å². The van der Waals surface area contributed by atoms with E-state index in [9.17, 15) is 0 Å². The molecule has 3 radical (unpaired) electrons. The minimum atomic E-state index is 0.630. The molecule has 0 bridgehead atoms. The Labute approximate surface area is 57.4 Å². The van der Waals surface area contributed by atoms with Gasteiger partial charge < -0.3 is 4.74 Å². The first-order valence-electron chi connectivity index (χ1n) is 3.72. The molecule has 0 aromatic carbocycles. The molecule has 9 heavy (non-hydrogen) atoms. The van der Waals surface area contributed by atoms with Crippen LogP contribution in [0.5, 0.6) is 0 Å². The standard InChI is InChI=1S/C8H13O/c1-9-7-6-8-4-2-3-5-8/h8H,2-7H2. The molecule has 0 heterocycles. The molecule has 0 spiro atoms. The average Bonchev–Trinajstić information content (AvgIpc) is 2.34. The summed E-state index contributed by atoms with van der Waals surface area (Å²) in [5, 5.41) is 0. The van der Waals surface area contributed by atoms with E-state index in [1.54, 1.807) is 0 Å². The first-order chi connectivity index (χ1) is 4.43. The first-order valence-corrected chi connectivity index (χ1v) is 3.72. The second-order valence-corrected chi connectivity index (χ2v) is 2.79. The van der Waals surface area contributed by atoms with Gasteiger partial charge in [0, 0.05) is 6.61 Å². The number of hydrogen-bond acceptors (Lipinski definition) is 1. The van der Waals surface area contributed by atoms with Crippen LogP contribution in [0.2, 0.25) is 0 Å². The van der Waals surface area contributed by atoms with Gasteiger partial charge in [0.2, 0.25) is 0 Å². The summed E-state index contributed by atoms with van der Waals surface area (Å²) in [6, 6.07) is 0. The zero-order valence-electron chi connectivity index (χ0n) is 5.73. The largest absolute Gasteiger partial charge is 0.365 e. The van der Waals surface area contributed by atoms with Crippen LogP contribution < -0.4 is 0 Å². The minimum Gasteiger partial charge on any atom is -0.365 e. The van der Waals surface area contributed by atoms with Gasteiger partial charge in [0.25, 0.3) is 0 Å². The van der Waals surface area contributed by atoms with Gasteiger partial charge in [0.1, 0.15) is 0 Å². The Kier molecular flexibility index (Phi) is 3.05. The van der Waals surface area contributed by atoms with E-state index >= 15 is 0 Å². The van der Waals surface area contributed by atoms with Crippen molar-refractivity contribution in [3.63, 3.8) is 0 Å². The number of rotatable bonds is 3. The minimum absolute atomic E-state index is 0.630. The third-order valence-corrected chi connectivity index (χ3v) is 2.10. The Bertz CT molecular complexity index is 65.0. The zero-order chi connectivity index (χ0) is 6.53. The van der Waals surface area contributed by atoms with Crippen molar-refractivity contribution in [2.45, 2.75) is 32.1 Å². The monoisotopic (exact) mass is 125 g/mol. The summed E-state index contributed by atoms with van der Waals surface area (Å²) in [5.41, 5.74) is 0. The smallest absolute Gasteiger partial charge is 0.173 e. The van der Waals surface area contributed by atoms with Gasteiger partial charge in [0.15, 0.2) is 7.11 Å². The Morgan fingerprint density at radius 3 is 2.56 bits per heavy atom. The topological polar surface area (TPSA) is 9.23 Å². The molecule has 0 aromatic heterocycles. The predicted octanol–water partition coefficient (Wildman–Crippen LogP) is 2.13. The van der Waals surface area contributed by atoms with Crippen LogP contribution in [-0.2, 0) is 4.74 Å². The molecule has 0 aromatic rings. The highest BCUT2D eigenvalue weighted by molar-refractivity contribution is 4.66. The van der Waals surface area contributed by atoms with E-state index in [1.807, 2.05) is 0 Å². The molecular weight excluding hydrogens is 112 g/mol. The Hall–Kier alpha value is -0.0400. The maximum atomic E-state index is 6.47. The van der Waals surface area contributed by atoms with Gasteiger partial charge in [-0.05, 0) is 12.3 Å². The van der Waals surface area contributed by atoms with Crippen molar-refractivity contribution >= 4 is 0 Å². The second kappa shape index (κ2) is 3.89. The van der Waals surface area contributed by atoms with E-state index in [0.29, 0.717) is 6.61 Å². The van der Waals surface area contributed by atoms with Crippen LogP contribution >= 0.6 is 0 Å². The van der Waals surface area contributed by atoms with Crippen LogP contribution in [0.15, 0.2) is 0 Å². The molecule has 51 valence electrons. The van der Waals surface area contributed by atoms with E-state index in [4.69, 9.17) is 7.11 Å². The molecule has 1 fully saturated rings. The van der Waals surface area contributed by atoms with Crippen molar-refractivity contribution in [1.82, 2.24) is 0 Å². The van der Waals surface area contributed by atoms with E-state index in [2.05, 4.69) is 4.74 Å². The van der Waals surface area contributed by atoms with Crippen molar-refractivity contribution in [3.05, 3.63) is 7.11 Å².